The van der Waals surface area contributed by atoms with E-state index in [2.05, 4.69) is 46.1 Å². The number of fused-ring (bicyclic) bond motifs is 1. The molecule has 2 heterocycles. The molecule has 0 bridgehead atoms. The van der Waals surface area contributed by atoms with Gasteiger partial charge in [-0.15, -0.1) is 0 Å². The predicted molar refractivity (Wildman–Crippen MR) is 109 cm³/mol. The summed E-state index contributed by atoms with van der Waals surface area (Å²) in [5.41, 5.74) is 1.80. The summed E-state index contributed by atoms with van der Waals surface area (Å²) in [6, 6.07) is 15.9. The molecule has 1 saturated heterocycles. The van der Waals surface area contributed by atoms with E-state index in [1.165, 1.54) is 5.56 Å². The number of aromatic nitrogens is 2. The van der Waals surface area contributed by atoms with Gasteiger partial charge in [0.25, 0.3) is 5.56 Å². The number of piperazine rings is 1. The number of H-pyrrole nitrogens is 1. The molecule has 1 fully saturated rings. The number of nitrogens with one attached hydrogen (secondary N) is 1. The maximum Gasteiger partial charge on any atom is 0.258 e. The number of rotatable bonds is 4. The average Bonchev–Trinajstić information content (AvgIpc) is 2.68. The van der Waals surface area contributed by atoms with E-state index in [1.807, 2.05) is 12.1 Å². The van der Waals surface area contributed by atoms with Crippen molar-refractivity contribution in [3.63, 3.8) is 0 Å². The van der Waals surface area contributed by atoms with E-state index in [0.29, 0.717) is 28.2 Å². The van der Waals surface area contributed by atoms with Gasteiger partial charge in [0.2, 0.25) is 0 Å². The maximum absolute atomic E-state index is 12.5. The van der Waals surface area contributed by atoms with Crippen molar-refractivity contribution in [2.24, 2.45) is 0 Å². The lowest BCUT2D eigenvalue weighted by atomic mass is 10.0. The van der Waals surface area contributed by atoms with Crippen LogP contribution in [0, 0.1) is 0 Å². The van der Waals surface area contributed by atoms with Gasteiger partial charge in [0.15, 0.2) is 0 Å². The van der Waals surface area contributed by atoms with E-state index in [-0.39, 0.29) is 11.6 Å². The first-order valence-electron chi connectivity index (χ1n) is 9.26. The third kappa shape index (κ3) is 4.05. The summed E-state index contributed by atoms with van der Waals surface area (Å²) in [7, 11) is 2.16. The Morgan fingerprint density at radius 3 is 2.59 bits per heavy atom. The molecule has 3 aromatic rings. The number of aromatic amines is 1. The Balaban J connectivity index is 1.68. The minimum atomic E-state index is -0.136. The molecule has 140 valence electrons. The summed E-state index contributed by atoms with van der Waals surface area (Å²) in [5, 5.41) is 1.07. The van der Waals surface area contributed by atoms with Gasteiger partial charge in [-0.1, -0.05) is 41.9 Å². The average molecular weight is 383 g/mol. The van der Waals surface area contributed by atoms with Gasteiger partial charge in [0, 0.05) is 43.7 Å². The molecular formula is C21H23ClN4O. The number of hydrogen-bond acceptors (Lipinski definition) is 4. The number of nitrogens with zero attached hydrogens (tertiary/aromatic N) is 3. The first kappa shape index (κ1) is 18.2. The number of halogens is 1. The molecule has 1 N–H and O–H groups in total. The van der Waals surface area contributed by atoms with Crippen LogP contribution in [0.15, 0.2) is 53.3 Å². The minimum Gasteiger partial charge on any atom is -0.310 e. The van der Waals surface area contributed by atoms with Crippen LogP contribution >= 0.6 is 11.6 Å². The molecule has 1 aliphatic rings. The van der Waals surface area contributed by atoms with Crippen molar-refractivity contribution in [1.82, 2.24) is 19.8 Å². The van der Waals surface area contributed by atoms with Gasteiger partial charge in [-0.25, -0.2) is 4.98 Å². The minimum absolute atomic E-state index is 0.136. The SMILES string of the molecule is CN1CCN(C(Cc2nc3ccc(Cl)cc3c(=O)[nH]2)c2ccccc2)CC1. The third-order valence-electron chi connectivity index (χ3n) is 5.27. The van der Waals surface area contributed by atoms with Gasteiger partial charge in [-0.05, 0) is 30.8 Å². The molecule has 27 heavy (non-hydrogen) atoms. The second-order valence-corrected chi connectivity index (χ2v) is 7.58. The fourth-order valence-electron chi connectivity index (χ4n) is 3.71. The van der Waals surface area contributed by atoms with Crippen LogP contribution in [0.3, 0.4) is 0 Å². The second-order valence-electron chi connectivity index (χ2n) is 7.14. The quantitative estimate of drug-likeness (QED) is 0.753. The van der Waals surface area contributed by atoms with Crippen molar-refractivity contribution in [2.75, 3.05) is 33.2 Å². The van der Waals surface area contributed by atoms with Gasteiger partial charge in [0.1, 0.15) is 5.82 Å². The highest BCUT2D eigenvalue weighted by atomic mass is 35.5. The van der Waals surface area contributed by atoms with Gasteiger partial charge >= 0.3 is 0 Å². The Labute approximate surface area is 163 Å². The molecule has 0 aliphatic carbocycles. The van der Waals surface area contributed by atoms with Crippen LogP contribution in [0.5, 0.6) is 0 Å². The number of benzene rings is 2. The van der Waals surface area contributed by atoms with Crippen molar-refractivity contribution in [3.05, 3.63) is 75.3 Å². The number of hydrogen-bond donors (Lipinski definition) is 1. The lowest BCUT2D eigenvalue weighted by Gasteiger charge is -2.38. The van der Waals surface area contributed by atoms with Crippen LogP contribution in [-0.4, -0.2) is 53.0 Å². The van der Waals surface area contributed by atoms with E-state index >= 15 is 0 Å². The summed E-state index contributed by atoms with van der Waals surface area (Å²) in [4.78, 5) is 25.0. The molecule has 5 nitrogen and oxygen atoms in total. The Bertz CT molecular complexity index is 980. The number of likely N-dealkylation sites (N-methyl/N-ethyl adjacent to an activating group) is 1. The lowest BCUT2D eigenvalue weighted by Crippen LogP contribution is -2.46. The molecule has 1 aromatic heterocycles. The molecule has 6 heteroatoms. The summed E-state index contributed by atoms with van der Waals surface area (Å²) < 4.78 is 0. The Kier molecular flexibility index (Phi) is 5.25. The normalized spacial score (nSPS) is 17.3. The molecular weight excluding hydrogens is 360 g/mol. The maximum atomic E-state index is 12.5. The highest BCUT2D eigenvalue weighted by Gasteiger charge is 2.25. The summed E-state index contributed by atoms with van der Waals surface area (Å²) in [6.07, 6.45) is 0.668. The molecule has 1 aliphatic heterocycles. The first-order chi connectivity index (χ1) is 13.1. The van der Waals surface area contributed by atoms with Crippen LogP contribution in [0.25, 0.3) is 10.9 Å². The molecule has 4 rings (SSSR count). The zero-order chi connectivity index (χ0) is 18.8. The molecule has 1 atom stereocenters. The summed E-state index contributed by atoms with van der Waals surface area (Å²) >= 11 is 6.02. The van der Waals surface area contributed by atoms with E-state index in [1.54, 1.807) is 12.1 Å². The van der Waals surface area contributed by atoms with Gasteiger partial charge in [-0.2, -0.15) is 0 Å². The highest BCUT2D eigenvalue weighted by molar-refractivity contribution is 6.31. The molecule has 1 unspecified atom stereocenters. The molecule has 0 spiro atoms. The van der Waals surface area contributed by atoms with Crippen LogP contribution in [0.2, 0.25) is 5.02 Å². The van der Waals surface area contributed by atoms with Crippen molar-refractivity contribution in [1.29, 1.82) is 0 Å². The first-order valence-corrected chi connectivity index (χ1v) is 9.64. The molecule has 2 aromatic carbocycles. The largest absolute Gasteiger partial charge is 0.310 e. The van der Waals surface area contributed by atoms with Gasteiger partial charge in [-0.3, -0.25) is 9.69 Å². The van der Waals surface area contributed by atoms with E-state index in [0.717, 1.165) is 26.2 Å². The zero-order valence-corrected chi connectivity index (χ0v) is 16.1. The van der Waals surface area contributed by atoms with E-state index in [9.17, 15) is 4.79 Å². The van der Waals surface area contributed by atoms with Crippen LogP contribution in [0.4, 0.5) is 0 Å². The molecule has 0 amide bonds. The predicted octanol–water partition coefficient (Wildman–Crippen LogP) is 3.11. The molecule has 0 radical (unpaired) electrons. The van der Waals surface area contributed by atoms with Gasteiger partial charge < -0.3 is 9.88 Å². The Morgan fingerprint density at radius 1 is 1.11 bits per heavy atom. The van der Waals surface area contributed by atoms with Crippen molar-refractivity contribution in [3.8, 4) is 0 Å². The highest BCUT2D eigenvalue weighted by Crippen LogP contribution is 2.25. The van der Waals surface area contributed by atoms with Gasteiger partial charge in [0.05, 0.1) is 10.9 Å². The Hall–Kier alpha value is -2.21. The molecule has 0 saturated carbocycles. The fraction of sp³-hybridized carbons (Fsp3) is 0.333. The third-order valence-corrected chi connectivity index (χ3v) is 5.50. The smallest absolute Gasteiger partial charge is 0.258 e. The monoisotopic (exact) mass is 382 g/mol. The van der Waals surface area contributed by atoms with Crippen molar-refractivity contribution in [2.45, 2.75) is 12.5 Å². The van der Waals surface area contributed by atoms with Crippen LogP contribution < -0.4 is 5.56 Å². The standard InChI is InChI=1S/C21H23ClN4O/c1-25-9-11-26(12-10-25)19(15-5-3-2-4-6-15)14-20-23-18-8-7-16(22)13-17(18)21(27)24-20/h2-8,13,19H,9-12,14H2,1H3,(H,23,24,27). The second kappa shape index (κ2) is 7.80. The van der Waals surface area contributed by atoms with Crippen molar-refractivity contribution < 1.29 is 0 Å². The summed E-state index contributed by atoms with van der Waals surface area (Å²) in [5.74, 6) is 0.711. The van der Waals surface area contributed by atoms with Crippen LogP contribution in [0.1, 0.15) is 17.4 Å². The van der Waals surface area contributed by atoms with Crippen molar-refractivity contribution >= 4 is 22.5 Å². The Morgan fingerprint density at radius 2 is 1.85 bits per heavy atom. The van der Waals surface area contributed by atoms with E-state index in [4.69, 9.17) is 16.6 Å². The topological polar surface area (TPSA) is 52.2 Å². The van der Waals surface area contributed by atoms with E-state index < -0.39 is 0 Å². The lowest BCUT2D eigenvalue weighted by molar-refractivity contribution is 0.110. The zero-order valence-electron chi connectivity index (χ0n) is 15.4. The van der Waals surface area contributed by atoms with Crippen LogP contribution in [-0.2, 0) is 6.42 Å². The summed E-state index contributed by atoms with van der Waals surface area (Å²) in [6.45, 7) is 4.10. The fourth-order valence-corrected chi connectivity index (χ4v) is 3.88.